The number of sulfonamides is 1. The number of ether oxygens (including phenoxy) is 1. The van der Waals surface area contributed by atoms with Crippen LogP contribution in [0.5, 0.6) is 5.75 Å². The van der Waals surface area contributed by atoms with Gasteiger partial charge in [0.1, 0.15) is 5.75 Å². The summed E-state index contributed by atoms with van der Waals surface area (Å²) in [6, 6.07) is 12.3. The minimum Gasteiger partial charge on any atom is -0.494 e. The molecule has 28 heavy (non-hydrogen) atoms. The number of nitrogens with zero attached hydrogens (tertiary/aromatic N) is 1. The molecule has 0 heterocycles. The predicted octanol–water partition coefficient (Wildman–Crippen LogP) is 3.79. The molecule has 150 valence electrons. The third kappa shape index (κ3) is 5.82. The van der Waals surface area contributed by atoms with Crippen molar-refractivity contribution >= 4 is 27.3 Å². The van der Waals surface area contributed by atoms with Crippen molar-refractivity contribution in [3.8, 4) is 5.75 Å². The van der Waals surface area contributed by atoms with Gasteiger partial charge in [-0.3, -0.25) is 9.52 Å². The Labute approximate surface area is 165 Å². The summed E-state index contributed by atoms with van der Waals surface area (Å²) in [4.78, 5) is 12.2. The predicted molar refractivity (Wildman–Crippen MR) is 110 cm³/mol. The van der Waals surface area contributed by atoms with Gasteiger partial charge < -0.3 is 4.74 Å². The summed E-state index contributed by atoms with van der Waals surface area (Å²) >= 11 is 0. The van der Waals surface area contributed by atoms with Gasteiger partial charge >= 0.3 is 0 Å². The van der Waals surface area contributed by atoms with Gasteiger partial charge in [-0.1, -0.05) is 13.8 Å². The number of carbonyl (C=O) groups excluding carboxylic acids is 1. The van der Waals surface area contributed by atoms with Crippen molar-refractivity contribution < 1.29 is 17.9 Å². The lowest BCUT2D eigenvalue weighted by molar-refractivity contribution is 0.0954. The van der Waals surface area contributed by atoms with Gasteiger partial charge in [0.05, 0.1) is 11.5 Å². The number of anilines is 1. The van der Waals surface area contributed by atoms with Crippen molar-refractivity contribution in [1.29, 1.82) is 0 Å². The molecule has 2 aromatic carbocycles. The van der Waals surface area contributed by atoms with E-state index in [1.807, 2.05) is 20.8 Å². The zero-order valence-electron chi connectivity index (χ0n) is 16.2. The summed E-state index contributed by atoms with van der Waals surface area (Å²) < 4.78 is 32.8. The number of hydrogen-bond acceptors (Lipinski definition) is 5. The summed E-state index contributed by atoms with van der Waals surface area (Å²) in [5, 5.41) is 4.07. The van der Waals surface area contributed by atoms with Gasteiger partial charge in [0, 0.05) is 17.0 Å². The Bertz CT molecular complexity index is 915. The number of rotatable bonds is 9. The van der Waals surface area contributed by atoms with E-state index in [2.05, 4.69) is 15.2 Å². The highest BCUT2D eigenvalue weighted by Gasteiger charge is 2.14. The van der Waals surface area contributed by atoms with E-state index in [1.165, 1.54) is 24.3 Å². The summed E-state index contributed by atoms with van der Waals surface area (Å²) in [5.41, 5.74) is 4.15. The van der Waals surface area contributed by atoms with E-state index in [0.717, 1.165) is 18.6 Å². The van der Waals surface area contributed by atoms with Crippen LogP contribution in [0.4, 0.5) is 5.69 Å². The topological polar surface area (TPSA) is 96.9 Å². The highest BCUT2D eigenvalue weighted by Crippen LogP contribution is 2.19. The fourth-order valence-electron chi connectivity index (χ4n) is 2.39. The van der Waals surface area contributed by atoms with Crippen molar-refractivity contribution in [2.24, 2.45) is 5.10 Å². The molecule has 2 N–H and O–H groups in total. The molecule has 2 aromatic rings. The molecule has 0 saturated heterocycles. The Hall–Kier alpha value is -2.87. The molecule has 0 spiro atoms. The molecule has 0 aliphatic rings. The summed E-state index contributed by atoms with van der Waals surface area (Å²) in [7, 11) is -3.73. The van der Waals surface area contributed by atoms with E-state index in [9.17, 15) is 13.2 Å². The first-order valence-electron chi connectivity index (χ1n) is 9.11. The fourth-order valence-corrected chi connectivity index (χ4v) is 3.45. The number of amides is 1. The Kier molecular flexibility index (Phi) is 7.57. The quantitative estimate of drug-likeness (QED) is 0.492. The van der Waals surface area contributed by atoms with Gasteiger partial charge in [0.15, 0.2) is 0 Å². The average molecular weight is 404 g/mol. The van der Waals surface area contributed by atoms with Gasteiger partial charge in [0.2, 0.25) is 0 Å². The maximum atomic E-state index is 12.5. The zero-order valence-corrected chi connectivity index (χ0v) is 17.0. The smallest absolute Gasteiger partial charge is 0.271 e. The van der Waals surface area contributed by atoms with Gasteiger partial charge in [-0.25, -0.2) is 13.8 Å². The van der Waals surface area contributed by atoms with E-state index in [0.29, 0.717) is 23.6 Å². The van der Waals surface area contributed by atoms with Crippen LogP contribution in [-0.4, -0.2) is 26.6 Å². The molecule has 0 aliphatic heterocycles. The maximum absolute atomic E-state index is 12.5. The van der Waals surface area contributed by atoms with Crippen LogP contribution in [0.3, 0.4) is 0 Å². The number of nitrogens with one attached hydrogen (secondary N) is 2. The highest BCUT2D eigenvalue weighted by atomic mass is 32.2. The van der Waals surface area contributed by atoms with Crippen LogP contribution in [0.15, 0.2) is 58.5 Å². The lowest BCUT2D eigenvalue weighted by atomic mass is 10.2. The monoisotopic (exact) mass is 403 g/mol. The Balaban J connectivity index is 2.06. The standard InChI is InChI=1S/C20H25N3O4S/c1-4-16(5-2)21-22-20(24)15-7-9-17(10-8-15)23-28(25,26)19-13-11-18(12-14-19)27-6-3/h7-14,23H,4-6H2,1-3H3,(H,22,24). The summed E-state index contributed by atoms with van der Waals surface area (Å²) in [5.74, 6) is 0.258. The minimum absolute atomic E-state index is 0.124. The number of benzene rings is 2. The van der Waals surface area contributed by atoms with E-state index >= 15 is 0 Å². The molecular weight excluding hydrogens is 378 g/mol. The molecule has 2 rings (SSSR count). The first-order valence-corrected chi connectivity index (χ1v) is 10.6. The van der Waals surface area contributed by atoms with E-state index < -0.39 is 10.0 Å². The van der Waals surface area contributed by atoms with Gasteiger partial charge in [0.25, 0.3) is 15.9 Å². The molecule has 0 bridgehead atoms. The van der Waals surface area contributed by atoms with Crippen molar-refractivity contribution in [2.45, 2.75) is 38.5 Å². The number of hydrazone groups is 1. The molecule has 7 nitrogen and oxygen atoms in total. The van der Waals surface area contributed by atoms with Crippen LogP contribution in [-0.2, 0) is 10.0 Å². The van der Waals surface area contributed by atoms with Gasteiger partial charge in [-0.2, -0.15) is 5.10 Å². The van der Waals surface area contributed by atoms with Crippen molar-refractivity contribution in [3.63, 3.8) is 0 Å². The van der Waals surface area contributed by atoms with Crippen molar-refractivity contribution in [2.75, 3.05) is 11.3 Å². The van der Waals surface area contributed by atoms with Crippen LogP contribution in [0.2, 0.25) is 0 Å². The molecule has 0 radical (unpaired) electrons. The number of hydrogen-bond donors (Lipinski definition) is 2. The zero-order chi connectivity index (χ0) is 20.6. The summed E-state index contributed by atoms with van der Waals surface area (Å²) in [6.07, 6.45) is 1.53. The van der Waals surface area contributed by atoms with Crippen molar-refractivity contribution in [1.82, 2.24) is 5.43 Å². The molecule has 0 aromatic heterocycles. The Morgan fingerprint density at radius 1 is 0.964 bits per heavy atom. The molecule has 0 atom stereocenters. The normalized spacial score (nSPS) is 10.8. The van der Waals surface area contributed by atoms with Gasteiger partial charge in [-0.05, 0) is 68.3 Å². The molecule has 0 unspecified atom stereocenters. The largest absolute Gasteiger partial charge is 0.494 e. The van der Waals surface area contributed by atoms with Gasteiger partial charge in [-0.15, -0.1) is 0 Å². The van der Waals surface area contributed by atoms with Crippen LogP contribution < -0.4 is 14.9 Å². The second-order valence-electron chi connectivity index (χ2n) is 5.91. The lowest BCUT2D eigenvalue weighted by Gasteiger charge is -2.10. The Morgan fingerprint density at radius 3 is 2.11 bits per heavy atom. The molecular formula is C20H25N3O4S. The second-order valence-corrected chi connectivity index (χ2v) is 7.60. The van der Waals surface area contributed by atoms with Crippen molar-refractivity contribution in [3.05, 3.63) is 54.1 Å². The van der Waals surface area contributed by atoms with E-state index in [4.69, 9.17) is 4.74 Å². The van der Waals surface area contributed by atoms with E-state index in [1.54, 1.807) is 24.3 Å². The third-order valence-electron chi connectivity index (χ3n) is 3.98. The molecule has 0 fully saturated rings. The van der Waals surface area contributed by atoms with E-state index in [-0.39, 0.29) is 10.8 Å². The summed E-state index contributed by atoms with van der Waals surface area (Å²) in [6.45, 7) is 6.31. The highest BCUT2D eigenvalue weighted by molar-refractivity contribution is 7.92. The molecule has 0 saturated carbocycles. The first kappa shape index (κ1) is 21.4. The maximum Gasteiger partial charge on any atom is 0.271 e. The van der Waals surface area contributed by atoms with Crippen LogP contribution in [0, 0.1) is 0 Å². The Morgan fingerprint density at radius 2 is 1.57 bits per heavy atom. The molecule has 1 amide bonds. The average Bonchev–Trinajstić information content (AvgIpc) is 2.69. The number of carbonyl (C=O) groups is 1. The SMILES string of the molecule is CCOc1ccc(S(=O)(=O)Nc2ccc(C(=O)NN=C(CC)CC)cc2)cc1. The molecule has 0 aliphatic carbocycles. The van der Waals surface area contributed by atoms with Crippen LogP contribution in [0.1, 0.15) is 44.0 Å². The minimum atomic E-state index is -3.73. The van der Waals surface area contributed by atoms with Crippen LogP contribution >= 0.6 is 0 Å². The molecule has 8 heteroatoms. The fraction of sp³-hybridized carbons (Fsp3) is 0.300. The lowest BCUT2D eigenvalue weighted by Crippen LogP contribution is -2.19. The third-order valence-corrected chi connectivity index (χ3v) is 5.37. The second kappa shape index (κ2) is 9.89. The first-order chi connectivity index (χ1) is 13.4. The van der Waals surface area contributed by atoms with Crippen LogP contribution in [0.25, 0.3) is 0 Å².